The minimum Gasteiger partial charge on any atom is -0.492 e. The van der Waals surface area contributed by atoms with Crippen molar-refractivity contribution in [2.24, 2.45) is 68.0 Å². The van der Waals surface area contributed by atoms with E-state index in [1.165, 1.54) is 5.57 Å². The molecule has 6 aliphatic carbocycles. The largest absolute Gasteiger partial charge is 0.492 e. The molecule has 3 N–H and O–H groups in total. The van der Waals surface area contributed by atoms with E-state index in [-0.39, 0.29) is 63.8 Å². The number of nitrogens with one attached hydrogen (secondary N) is 1. The fourth-order valence-electron chi connectivity index (χ4n) is 15.5. The molecule has 0 unspecified atom stereocenters. The molecular weight excluding hydrogens is 797 g/mol. The second-order valence-corrected chi connectivity index (χ2v) is 23.2. The maximum Gasteiger partial charge on any atom is 0.309 e. The summed E-state index contributed by atoms with van der Waals surface area (Å²) in [6.45, 7) is 24.9. The van der Waals surface area contributed by atoms with E-state index in [1.54, 1.807) is 12.1 Å². The van der Waals surface area contributed by atoms with Crippen LogP contribution >= 0.6 is 0 Å². The van der Waals surface area contributed by atoms with Crippen molar-refractivity contribution in [1.29, 1.82) is 0 Å². The van der Waals surface area contributed by atoms with Crippen molar-refractivity contribution in [2.75, 3.05) is 46.0 Å². The van der Waals surface area contributed by atoms with Crippen LogP contribution in [0.25, 0.3) is 0 Å². The molecule has 1 saturated heterocycles. The van der Waals surface area contributed by atoms with Crippen molar-refractivity contribution >= 4 is 23.6 Å². The summed E-state index contributed by atoms with van der Waals surface area (Å²) in [5.41, 5.74) is 0.948. The molecule has 1 amide bonds. The van der Waals surface area contributed by atoms with Crippen LogP contribution in [0.3, 0.4) is 0 Å². The van der Waals surface area contributed by atoms with Gasteiger partial charge in [-0.2, -0.15) is 0 Å². The van der Waals surface area contributed by atoms with Crippen LogP contribution < -0.4 is 10.1 Å². The van der Waals surface area contributed by atoms with Gasteiger partial charge in [-0.15, -0.1) is 0 Å². The van der Waals surface area contributed by atoms with Gasteiger partial charge in [-0.1, -0.05) is 67.9 Å². The highest BCUT2D eigenvalue weighted by Crippen LogP contribution is 2.77. The highest BCUT2D eigenvalue weighted by atomic mass is 16.5. The van der Waals surface area contributed by atoms with E-state index in [0.29, 0.717) is 49.0 Å². The standard InChI is InChI=1S/C52H76N2O9/c1-31(2)42-37(55)29-52(40(56)30-53-44(57)32-10-12-33(13-11-32)62-27-24-54-22-25-61-26-23-54)21-20-50(8)34(43(42)52)14-15-39-49(7)18-17-41(48(5,6)38(49)16-19-51(39,50)9)63-46(60)36-28-35(45(58)59)47(36,3)4/h10-13,31,34-36,38-41,56H,14-30H2,1-9H3,(H,53,57)(H,58,59)/t34-,35+,36-,38+,39-,40+,41+,49+,50-,51-,52+/m1/s1. The van der Waals surface area contributed by atoms with Gasteiger partial charge in [0.15, 0.2) is 5.78 Å². The lowest BCUT2D eigenvalue weighted by atomic mass is 9.33. The van der Waals surface area contributed by atoms with Gasteiger partial charge in [-0.05, 0) is 133 Å². The number of benzene rings is 1. The molecule has 8 rings (SSSR count). The van der Waals surface area contributed by atoms with E-state index in [2.05, 4.69) is 58.7 Å². The van der Waals surface area contributed by atoms with Crippen LogP contribution in [-0.4, -0.2) is 96.9 Å². The molecule has 6 fully saturated rings. The predicted molar refractivity (Wildman–Crippen MR) is 240 cm³/mol. The number of esters is 1. The summed E-state index contributed by atoms with van der Waals surface area (Å²) < 4.78 is 17.8. The van der Waals surface area contributed by atoms with Crippen LogP contribution in [0.5, 0.6) is 5.75 Å². The molecule has 1 aliphatic heterocycles. The van der Waals surface area contributed by atoms with Crippen molar-refractivity contribution in [1.82, 2.24) is 10.2 Å². The average Bonchev–Trinajstić information content (AvgIpc) is 3.54. The van der Waals surface area contributed by atoms with Crippen LogP contribution in [0.4, 0.5) is 0 Å². The molecule has 11 nitrogen and oxygen atoms in total. The van der Waals surface area contributed by atoms with E-state index in [9.17, 15) is 29.4 Å². The number of amides is 1. The van der Waals surface area contributed by atoms with Crippen molar-refractivity contribution in [3.63, 3.8) is 0 Å². The zero-order valence-corrected chi connectivity index (χ0v) is 39.6. The number of aliphatic hydroxyl groups is 1. The Bertz CT molecular complexity index is 1990. The monoisotopic (exact) mass is 873 g/mol. The van der Waals surface area contributed by atoms with E-state index in [0.717, 1.165) is 83.4 Å². The van der Waals surface area contributed by atoms with E-state index in [4.69, 9.17) is 14.2 Å². The number of allylic oxidation sites excluding steroid dienone is 1. The molecule has 0 bridgehead atoms. The number of ether oxygens (including phenoxy) is 3. The number of carbonyl (C=O) groups is 4. The molecule has 7 aliphatic rings. The first-order chi connectivity index (χ1) is 29.6. The van der Waals surface area contributed by atoms with Gasteiger partial charge in [0.05, 0.1) is 31.2 Å². The first kappa shape index (κ1) is 46.3. The molecule has 1 aromatic rings. The number of fused-ring (bicyclic) bond motifs is 7. The molecule has 0 aromatic heterocycles. The van der Waals surface area contributed by atoms with Gasteiger partial charge in [0.2, 0.25) is 0 Å². The van der Waals surface area contributed by atoms with Gasteiger partial charge in [0.25, 0.3) is 5.91 Å². The average molecular weight is 873 g/mol. The zero-order valence-electron chi connectivity index (χ0n) is 39.6. The molecule has 0 spiro atoms. The Morgan fingerprint density at radius 1 is 0.857 bits per heavy atom. The Morgan fingerprint density at radius 2 is 1.56 bits per heavy atom. The fourth-order valence-corrected chi connectivity index (χ4v) is 15.5. The highest BCUT2D eigenvalue weighted by Gasteiger charge is 2.71. The number of carboxylic acid groups (broad SMARTS) is 1. The van der Waals surface area contributed by atoms with Crippen molar-refractivity contribution in [2.45, 2.75) is 139 Å². The summed E-state index contributed by atoms with van der Waals surface area (Å²) in [6.07, 6.45) is 6.95. The van der Waals surface area contributed by atoms with Gasteiger partial charge in [-0.25, -0.2) is 0 Å². The van der Waals surface area contributed by atoms with E-state index < -0.39 is 34.7 Å². The van der Waals surface area contributed by atoms with Crippen molar-refractivity contribution in [3.05, 3.63) is 41.0 Å². The Labute approximate surface area is 375 Å². The number of ketones is 1. The lowest BCUT2D eigenvalue weighted by Gasteiger charge is -2.72. The van der Waals surface area contributed by atoms with Gasteiger partial charge in [-0.3, -0.25) is 24.1 Å². The second-order valence-electron chi connectivity index (χ2n) is 23.2. The number of Topliss-reactive ketones (excluding diaryl/α,β-unsaturated/α-hetero) is 1. The maximum absolute atomic E-state index is 14.2. The number of aliphatic hydroxyl groups excluding tert-OH is 1. The third kappa shape index (κ3) is 7.41. The molecule has 63 heavy (non-hydrogen) atoms. The first-order valence-corrected chi connectivity index (χ1v) is 24.3. The molecule has 11 atom stereocenters. The lowest BCUT2D eigenvalue weighted by molar-refractivity contribution is -0.238. The molecule has 1 heterocycles. The molecule has 5 saturated carbocycles. The second kappa shape index (κ2) is 16.6. The SMILES string of the molecule is CC(C)C1=C2[C@H]3CC[C@@H]4[C@@]5(C)CC[C@H](OC(=O)[C@H]6C[C@@H](C(=O)O)C6(C)C)C(C)(C)[C@@H]5CC[C@@]4(C)[C@]3(C)CC[C@@]2([C@@H](O)CNC(=O)c2ccc(OCCN3CCOCC3)cc2)CC1=O. The summed E-state index contributed by atoms with van der Waals surface area (Å²) in [7, 11) is 0. The van der Waals surface area contributed by atoms with Crippen LogP contribution in [0.15, 0.2) is 35.4 Å². The minimum absolute atomic E-state index is 0.00695. The van der Waals surface area contributed by atoms with Gasteiger partial charge in [0.1, 0.15) is 18.5 Å². The van der Waals surface area contributed by atoms with Crippen LogP contribution in [0.1, 0.15) is 137 Å². The van der Waals surface area contributed by atoms with E-state index in [1.807, 2.05) is 26.0 Å². The maximum atomic E-state index is 14.2. The van der Waals surface area contributed by atoms with Crippen LogP contribution in [0, 0.1) is 68.0 Å². The highest BCUT2D eigenvalue weighted by molar-refractivity contribution is 6.01. The third-order valence-corrected chi connectivity index (χ3v) is 19.5. The van der Waals surface area contributed by atoms with Crippen molar-refractivity contribution < 1.29 is 43.6 Å². The number of nitrogens with zero attached hydrogens (tertiary/aromatic N) is 1. The smallest absolute Gasteiger partial charge is 0.309 e. The number of aliphatic carboxylic acids is 1. The number of carboxylic acids is 1. The Hall–Kier alpha value is -3.28. The number of rotatable bonds is 12. The lowest BCUT2D eigenvalue weighted by Crippen LogP contribution is -2.66. The predicted octanol–water partition coefficient (Wildman–Crippen LogP) is 8.13. The van der Waals surface area contributed by atoms with Crippen molar-refractivity contribution in [3.8, 4) is 5.75 Å². The third-order valence-electron chi connectivity index (χ3n) is 19.5. The van der Waals surface area contributed by atoms with Gasteiger partial charge in [0, 0.05) is 49.0 Å². The molecular formula is C52H76N2O9. The normalized spacial score (nSPS) is 38.6. The van der Waals surface area contributed by atoms with Gasteiger partial charge >= 0.3 is 11.9 Å². The number of morpholine rings is 1. The summed E-state index contributed by atoms with van der Waals surface area (Å²) in [5, 5.41) is 25.1. The summed E-state index contributed by atoms with van der Waals surface area (Å²) in [4.78, 5) is 55.6. The Balaban J connectivity index is 0.962. The minimum atomic E-state index is -0.901. The fraction of sp³-hybridized carbons (Fsp3) is 0.769. The van der Waals surface area contributed by atoms with Gasteiger partial charge < -0.3 is 29.7 Å². The summed E-state index contributed by atoms with van der Waals surface area (Å²) in [6, 6.07) is 7.16. The molecule has 11 heteroatoms. The summed E-state index contributed by atoms with van der Waals surface area (Å²) >= 11 is 0. The van der Waals surface area contributed by atoms with Crippen LogP contribution in [0.2, 0.25) is 0 Å². The Morgan fingerprint density at radius 3 is 2.21 bits per heavy atom. The Kier molecular flexibility index (Phi) is 12.2. The van der Waals surface area contributed by atoms with Crippen LogP contribution in [-0.2, 0) is 23.9 Å². The molecule has 348 valence electrons. The zero-order chi connectivity index (χ0) is 45.5. The quantitative estimate of drug-likeness (QED) is 0.176. The number of hydrogen-bond donors (Lipinski definition) is 3. The van der Waals surface area contributed by atoms with E-state index >= 15 is 0 Å². The summed E-state index contributed by atoms with van der Waals surface area (Å²) in [5.74, 6) is -0.416. The number of carbonyl (C=O) groups excluding carboxylic acids is 3. The molecule has 0 radical (unpaired) electrons. The number of hydrogen-bond acceptors (Lipinski definition) is 9. The topological polar surface area (TPSA) is 152 Å². The molecule has 1 aromatic carbocycles. The first-order valence-electron chi connectivity index (χ1n) is 24.3.